The first-order valence-electron chi connectivity index (χ1n) is 8.66. The molecule has 0 aromatic heterocycles. The Kier molecular flexibility index (Phi) is 10.4. The molecule has 2 rings (SSSR count). The molecule has 0 spiro atoms. The van der Waals surface area contributed by atoms with Crippen molar-refractivity contribution in [2.75, 3.05) is 13.1 Å². The zero-order valence-electron chi connectivity index (χ0n) is 15.6. The molecule has 0 atom stereocenters. The first-order chi connectivity index (χ1) is 12.6. The second-order valence-electron chi connectivity index (χ2n) is 5.89. The summed E-state index contributed by atoms with van der Waals surface area (Å²) in [6, 6.07) is 14.7. The number of carbonyl (C=O) groups excluding carboxylic acids is 1. The van der Waals surface area contributed by atoms with Crippen molar-refractivity contribution in [3.8, 4) is 0 Å². The van der Waals surface area contributed by atoms with Crippen LogP contribution >= 0.6 is 24.0 Å². The Balaban J connectivity index is 0.00000364. The topological polar surface area (TPSA) is 65.5 Å². The molecular weight excluding hydrogens is 458 g/mol. The van der Waals surface area contributed by atoms with E-state index in [1.165, 1.54) is 6.07 Å². The molecule has 5 nitrogen and oxygen atoms in total. The van der Waals surface area contributed by atoms with Crippen LogP contribution in [-0.4, -0.2) is 25.0 Å². The molecule has 2 aromatic rings. The first-order valence-corrected chi connectivity index (χ1v) is 8.66. The lowest BCUT2D eigenvalue weighted by Crippen LogP contribution is -2.43. The van der Waals surface area contributed by atoms with Gasteiger partial charge < -0.3 is 16.0 Å². The van der Waals surface area contributed by atoms with E-state index in [1.54, 1.807) is 19.1 Å². The maximum Gasteiger partial charge on any atom is 0.239 e. The zero-order valence-corrected chi connectivity index (χ0v) is 17.9. The summed E-state index contributed by atoms with van der Waals surface area (Å²) in [5.74, 6) is 0.208. The Hall–Kier alpha value is -2.16. The molecule has 0 unspecified atom stereocenters. The van der Waals surface area contributed by atoms with Gasteiger partial charge in [0.1, 0.15) is 5.82 Å². The summed E-state index contributed by atoms with van der Waals surface area (Å²) in [4.78, 5) is 16.4. The van der Waals surface area contributed by atoms with Crippen molar-refractivity contribution < 1.29 is 9.18 Å². The quantitative estimate of drug-likeness (QED) is 0.322. The molecule has 0 aliphatic carbocycles. The molecule has 2 aromatic carbocycles. The number of guanidine groups is 1. The number of aliphatic imine (C=N–C) groups is 1. The van der Waals surface area contributed by atoms with Crippen molar-refractivity contribution in [1.82, 2.24) is 16.0 Å². The molecule has 0 heterocycles. The highest BCUT2D eigenvalue weighted by Gasteiger charge is 2.04. The van der Waals surface area contributed by atoms with E-state index in [4.69, 9.17) is 0 Å². The molecule has 0 fully saturated rings. The number of hydrogen-bond acceptors (Lipinski definition) is 2. The number of benzene rings is 2. The van der Waals surface area contributed by atoms with Crippen molar-refractivity contribution in [2.45, 2.75) is 26.9 Å². The van der Waals surface area contributed by atoms with Crippen molar-refractivity contribution in [1.29, 1.82) is 0 Å². The van der Waals surface area contributed by atoms with Gasteiger partial charge in [-0.2, -0.15) is 0 Å². The van der Waals surface area contributed by atoms with Crippen molar-refractivity contribution in [3.05, 3.63) is 71.0 Å². The Morgan fingerprint density at radius 1 is 1.04 bits per heavy atom. The number of nitrogens with one attached hydrogen (secondary N) is 3. The van der Waals surface area contributed by atoms with E-state index in [2.05, 4.69) is 20.9 Å². The van der Waals surface area contributed by atoms with Crippen LogP contribution in [0.25, 0.3) is 0 Å². The summed E-state index contributed by atoms with van der Waals surface area (Å²) in [5, 5.41) is 8.96. The molecule has 27 heavy (non-hydrogen) atoms. The number of halogens is 2. The second kappa shape index (κ2) is 12.3. The molecule has 0 saturated carbocycles. The fourth-order valence-electron chi connectivity index (χ4n) is 2.34. The van der Waals surface area contributed by atoms with Gasteiger partial charge in [-0.1, -0.05) is 42.5 Å². The normalized spacial score (nSPS) is 10.7. The highest BCUT2D eigenvalue weighted by atomic mass is 127. The van der Waals surface area contributed by atoms with E-state index in [1.807, 2.05) is 37.3 Å². The molecule has 0 radical (unpaired) electrons. The van der Waals surface area contributed by atoms with Crippen molar-refractivity contribution in [3.63, 3.8) is 0 Å². The minimum Gasteiger partial charge on any atom is -0.357 e. The van der Waals surface area contributed by atoms with E-state index in [9.17, 15) is 9.18 Å². The van der Waals surface area contributed by atoms with E-state index in [0.717, 1.165) is 11.1 Å². The minimum absolute atomic E-state index is 0. The van der Waals surface area contributed by atoms with Crippen LogP contribution < -0.4 is 16.0 Å². The number of nitrogens with zero attached hydrogens (tertiary/aromatic N) is 1. The fraction of sp³-hybridized carbons (Fsp3) is 0.300. The van der Waals surface area contributed by atoms with Crippen LogP contribution in [0.4, 0.5) is 4.39 Å². The predicted octanol–water partition coefficient (Wildman–Crippen LogP) is 3.12. The molecule has 0 aliphatic rings. The maximum absolute atomic E-state index is 13.3. The van der Waals surface area contributed by atoms with Crippen LogP contribution in [0.1, 0.15) is 23.6 Å². The van der Waals surface area contributed by atoms with Crippen molar-refractivity contribution >= 4 is 35.8 Å². The van der Waals surface area contributed by atoms with Gasteiger partial charge in [0.25, 0.3) is 0 Å². The average Bonchev–Trinajstić information content (AvgIpc) is 2.66. The molecule has 0 aliphatic heterocycles. The van der Waals surface area contributed by atoms with Crippen LogP contribution in [0.3, 0.4) is 0 Å². The highest BCUT2D eigenvalue weighted by Crippen LogP contribution is 2.09. The van der Waals surface area contributed by atoms with Crippen LogP contribution in [0.15, 0.2) is 53.5 Å². The number of rotatable bonds is 7. The van der Waals surface area contributed by atoms with Gasteiger partial charge in [0.05, 0.1) is 13.1 Å². The Morgan fingerprint density at radius 3 is 2.44 bits per heavy atom. The SMILES string of the molecule is CCNC(=NCc1ccc(F)c(C)c1)NCC(=O)NCc1ccccc1.I. The predicted molar refractivity (Wildman–Crippen MR) is 118 cm³/mol. The lowest BCUT2D eigenvalue weighted by Gasteiger charge is -2.12. The van der Waals surface area contributed by atoms with Crippen LogP contribution in [0.2, 0.25) is 0 Å². The Bertz CT molecular complexity index is 753. The molecule has 7 heteroatoms. The lowest BCUT2D eigenvalue weighted by atomic mass is 10.1. The second-order valence-corrected chi connectivity index (χ2v) is 5.89. The van der Waals surface area contributed by atoms with Crippen LogP contribution in [0, 0.1) is 12.7 Å². The summed E-state index contributed by atoms with van der Waals surface area (Å²) < 4.78 is 13.3. The molecular formula is C20H26FIN4O. The third-order valence-electron chi connectivity index (χ3n) is 3.74. The Labute approximate surface area is 176 Å². The number of carbonyl (C=O) groups is 1. The molecule has 0 saturated heterocycles. The number of aryl methyl sites for hydroxylation is 1. The van der Waals surface area contributed by atoms with Crippen molar-refractivity contribution in [2.24, 2.45) is 4.99 Å². The highest BCUT2D eigenvalue weighted by molar-refractivity contribution is 14.0. The summed E-state index contributed by atoms with van der Waals surface area (Å²) in [6.45, 7) is 5.38. The van der Waals surface area contributed by atoms with Gasteiger partial charge in [0.2, 0.25) is 5.91 Å². The van der Waals surface area contributed by atoms with Gasteiger partial charge in [-0.15, -0.1) is 24.0 Å². The smallest absolute Gasteiger partial charge is 0.239 e. The lowest BCUT2D eigenvalue weighted by molar-refractivity contribution is -0.120. The van der Waals surface area contributed by atoms with Gasteiger partial charge >= 0.3 is 0 Å². The standard InChI is InChI=1S/C20H25FN4O.HI/c1-3-22-20(24-13-17-9-10-18(21)15(2)11-17)25-14-19(26)23-12-16-7-5-4-6-8-16;/h4-11H,3,12-14H2,1-2H3,(H,23,26)(H2,22,24,25);1H. The summed E-state index contributed by atoms with van der Waals surface area (Å²) in [5.41, 5.74) is 2.55. The molecule has 1 amide bonds. The molecule has 146 valence electrons. The summed E-state index contributed by atoms with van der Waals surface area (Å²) in [7, 11) is 0. The van der Waals surface area contributed by atoms with Gasteiger partial charge in [-0.05, 0) is 36.6 Å². The zero-order chi connectivity index (χ0) is 18.8. The number of amides is 1. The monoisotopic (exact) mass is 484 g/mol. The number of hydrogen-bond donors (Lipinski definition) is 3. The van der Waals surface area contributed by atoms with Gasteiger partial charge in [0.15, 0.2) is 5.96 Å². The maximum atomic E-state index is 13.3. The largest absolute Gasteiger partial charge is 0.357 e. The third-order valence-corrected chi connectivity index (χ3v) is 3.74. The minimum atomic E-state index is -0.224. The van der Waals surface area contributed by atoms with Gasteiger partial charge in [-0.3, -0.25) is 4.79 Å². The van der Waals surface area contributed by atoms with E-state index < -0.39 is 0 Å². The Morgan fingerprint density at radius 2 is 1.78 bits per heavy atom. The van der Waals surface area contributed by atoms with E-state index in [-0.39, 0.29) is 42.2 Å². The van der Waals surface area contributed by atoms with E-state index >= 15 is 0 Å². The molecule has 0 bridgehead atoms. The summed E-state index contributed by atoms with van der Waals surface area (Å²) >= 11 is 0. The van der Waals surface area contributed by atoms with Gasteiger partial charge in [0, 0.05) is 13.1 Å². The summed E-state index contributed by atoms with van der Waals surface area (Å²) in [6.07, 6.45) is 0. The van der Waals surface area contributed by atoms with Crippen LogP contribution in [0.5, 0.6) is 0 Å². The van der Waals surface area contributed by atoms with E-state index in [0.29, 0.717) is 31.2 Å². The fourth-order valence-corrected chi connectivity index (χ4v) is 2.34. The first kappa shape index (κ1) is 22.9. The van der Waals surface area contributed by atoms with Crippen LogP contribution in [-0.2, 0) is 17.9 Å². The average molecular weight is 484 g/mol. The third kappa shape index (κ3) is 8.38. The molecule has 3 N–H and O–H groups in total. The van der Waals surface area contributed by atoms with Gasteiger partial charge in [-0.25, -0.2) is 9.38 Å².